The molecule has 2 aromatic heterocycles. The van der Waals surface area contributed by atoms with E-state index in [0.717, 1.165) is 18.8 Å². The molecule has 0 aromatic carbocycles. The molecular weight excluding hydrogens is 270 g/mol. The van der Waals surface area contributed by atoms with E-state index in [-0.39, 0.29) is 0 Å². The summed E-state index contributed by atoms with van der Waals surface area (Å²) in [5.41, 5.74) is 1.26. The van der Waals surface area contributed by atoms with Gasteiger partial charge in [0.25, 0.3) is 0 Å². The molecule has 0 unspecified atom stereocenters. The van der Waals surface area contributed by atoms with Crippen LogP contribution in [0.4, 0.5) is 0 Å². The standard InChI is InChI=1S/C15H23N3OS/c1-11(2)6-16-8-15-5-13(12(3)20-15)10-19-14-7-17-18(4)9-14/h5,7,9,11,16H,6,8,10H2,1-4H3. The Labute approximate surface area is 124 Å². The maximum absolute atomic E-state index is 5.75. The highest BCUT2D eigenvalue weighted by Crippen LogP contribution is 2.23. The number of thiophene rings is 1. The SMILES string of the molecule is Cc1sc(CNCC(C)C)cc1COc1cnn(C)c1. The molecule has 0 atom stereocenters. The van der Waals surface area contributed by atoms with Crippen molar-refractivity contribution in [1.29, 1.82) is 0 Å². The summed E-state index contributed by atoms with van der Waals surface area (Å²) >= 11 is 1.84. The van der Waals surface area contributed by atoms with E-state index in [1.54, 1.807) is 10.9 Å². The molecule has 0 spiro atoms. The number of aromatic nitrogens is 2. The Balaban J connectivity index is 1.87. The van der Waals surface area contributed by atoms with Gasteiger partial charge in [-0.3, -0.25) is 4.68 Å². The normalized spacial score (nSPS) is 11.2. The number of aryl methyl sites for hydroxylation is 2. The Bertz CT molecular complexity index is 545. The minimum absolute atomic E-state index is 0.609. The van der Waals surface area contributed by atoms with E-state index in [1.807, 2.05) is 24.6 Å². The van der Waals surface area contributed by atoms with Crippen LogP contribution in [0.1, 0.15) is 29.2 Å². The van der Waals surface area contributed by atoms with Gasteiger partial charge in [0.15, 0.2) is 5.75 Å². The van der Waals surface area contributed by atoms with E-state index in [4.69, 9.17) is 4.74 Å². The lowest BCUT2D eigenvalue weighted by Gasteiger charge is -2.05. The molecule has 0 saturated carbocycles. The molecule has 2 heterocycles. The molecule has 0 bridgehead atoms. The molecule has 4 nitrogen and oxygen atoms in total. The van der Waals surface area contributed by atoms with Crippen molar-refractivity contribution < 1.29 is 4.74 Å². The van der Waals surface area contributed by atoms with Crippen LogP contribution in [0.5, 0.6) is 5.75 Å². The first kappa shape index (κ1) is 15.1. The fourth-order valence-electron chi connectivity index (χ4n) is 1.94. The lowest BCUT2D eigenvalue weighted by Crippen LogP contribution is -2.18. The van der Waals surface area contributed by atoms with Crippen LogP contribution in [0.2, 0.25) is 0 Å². The summed E-state index contributed by atoms with van der Waals surface area (Å²) in [4.78, 5) is 2.70. The monoisotopic (exact) mass is 293 g/mol. The van der Waals surface area contributed by atoms with Crippen molar-refractivity contribution in [3.63, 3.8) is 0 Å². The molecular formula is C15H23N3OS. The number of hydrogen-bond acceptors (Lipinski definition) is 4. The summed E-state index contributed by atoms with van der Waals surface area (Å²) in [5.74, 6) is 1.50. The van der Waals surface area contributed by atoms with Gasteiger partial charge in [-0.05, 0) is 25.5 Å². The molecule has 0 radical (unpaired) electrons. The average molecular weight is 293 g/mol. The van der Waals surface area contributed by atoms with Crippen LogP contribution in [0.25, 0.3) is 0 Å². The number of hydrogen-bond donors (Lipinski definition) is 1. The smallest absolute Gasteiger partial charge is 0.157 e. The molecule has 2 rings (SSSR count). The second-order valence-corrected chi connectivity index (χ2v) is 6.80. The lowest BCUT2D eigenvalue weighted by molar-refractivity contribution is 0.305. The Morgan fingerprint density at radius 1 is 1.45 bits per heavy atom. The second-order valence-electron chi connectivity index (χ2n) is 5.46. The van der Waals surface area contributed by atoms with Crippen molar-refractivity contribution in [1.82, 2.24) is 15.1 Å². The first-order chi connectivity index (χ1) is 9.54. The number of nitrogens with one attached hydrogen (secondary N) is 1. The Hall–Kier alpha value is -1.33. The maximum atomic E-state index is 5.75. The van der Waals surface area contributed by atoms with Crippen molar-refractivity contribution in [2.45, 2.75) is 33.9 Å². The van der Waals surface area contributed by atoms with Crippen LogP contribution in [0, 0.1) is 12.8 Å². The predicted octanol–water partition coefficient (Wildman–Crippen LogP) is 3.11. The van der Waals surface area contributed by atoms with Gasteiger partial charge in [0, 0.05) is 28.9 Å². The zero-order valence-electron chi connectivity index (χ0n) is 12.6. The number of ether oxygens (including phenoxy) is 1. The van der Waals surface area contributed by atoms with E-state index in [9.17, 15) is 0 Å². The summed E-state index contributed by atoms with van der Waals surface area (Å²) in [6.07, 6.45) is 3.62. The van der Waals surface area contributed by atoms with E-state index >= 15 is 0 Å². The van der Waals surface area contributed by atoms with Crippen LogP contribution in [0.3, 0.4) is 0 Å². The fraction of sp³-hybridized carbons (Fsp3) is 0.533. The zero-order chi connectivity index (χ0) is 14.5. The van der Waals surface area contributed by atoms with Gasteiger partial charge in [-0.15, -0.1) is 11.3 Å². The molecule has 0 aliphatic heterocycles. The first-order valence-electron chi connectivity index (χ1n) is 6.95. The fourth-order valence-corrected chi connectivity index (χ4v) is 2.95. The van der Waals surface area contributed by atoms with Crippen LogP contribution in [0.15, 0.2) is 18.5 Å². The van der Waals surface area contributed by atoms with Gasteiger partial charge in [0.2, 0.25) is 0 Å². The molecule has 2 aromatic rings. The van der Waals surface area contributed by atoms with Gasteiger partial charge in [-0.2, -0.15) is 5.10 Å². The van der Waals surface area contributed by atoms with Crippen molar-refractivity contribution in [3.8, 4) is 5.75 Å². The summed E-state index contributed by atoms with van der Waals surface area (Å²) in [6.45, 7) is 9.20. The molecule has 0 saturated heterocycles. The average Bonchev–Trinajstić information content (AvgIpc) is 2.93. The molecule has 110 valence electrons. The second kappa shape index (κ2) is 6.90. The van der Waals surface area contributed by atoms with Crippen LogP contribution in [-0.4, -0.2) is 16.3 Å². The highest BCUT2D eigenvalue weighted by molar-refractivity contribution is 7.12. The van der Waals surface area contributed by atoms with Crippen molar-refractivity contribution in [3.05, 3.63) is 33.8 Å². The lowest BCUT2D eigenvalue weighted by atomic mass is 10.2. The highest BCUT2D eigenvalue weighted by atomic mass is 32.1. The quantitative estimate of drug-likeness (QED) is 0.852. The largest absolute Gasteiger partial charge is 0.486 e. The van der Waals surface area contributed by atoms with Crippen molar-refractivity contribution >= 4 is 11.3 Å². The minimum Gasteiger partial charge on any atom is -0.486 e. The topological polar surface area (TPSA) is 39.1 Å². The Morgan fingerprint density at radius 2 is 2.25 bits per heavy atom. The summed E-state index contributed by atoms with van der Waals surface area (Å²) in [6, 6.07) is 2.24. The van der Waals surface area contributed by atoms with Gasteiger partial charge in [0.1, 0.15) is 6.61 Å². The minimum atomic E-state index is 0.609. The van der Waals surface area contributed by atoms with E-state index < -0.39 is 0 Å². The Kier molecular flexibility index (Phi) is 5.20. The first-order valence-corrected chi connectivity index (χ1v) is 7.76. The van der Waals surface area contributed by atoms with Gasteiger partial charge in [-0.25, -0.2) is 0 Å². The van der Waals surface area contributed by atoms with Crippen molar-refractivity contribution in [2.24, 2.45) is 13.0 Å². The maximum Gasteiger partial charge on any atom is 0.157 e. The third kappa shape index (κ3) is 4.35. The van der Waals surface area contributed by atoms with Crippen molar-refractivity contribution in [2.75, 3.05) is 6.54 Å². The molecule has 0 fully saturated rings. The summed E-state index contributed by atoms with van der Waals surface area (Å²) in [7, 11) is 1.89. The molecule has 5 heteroatoms. The molecule has 20 heavy (non-hydrogen) atoms. The number of nitrogens with zero attached hydrogens (tertiary/aromatic N) is 2. The molecule has 0 aliphatic rings. The van der Waals surface area contributed by atoms with Crippen LogP contribution in [-0.2, 0) is 20.2 Å². The van der Waals surface area contributed by atoms with E-state index in [1.165, 1.54) is 15.3 Å². The summed E-state index contributed by atoms with van der Waals surface area (Å²) < 4.78 is 7.50. The number of rotatable bonds is 7. The Morgan fingerprint density at radius 3 is 2.90 bits per heavy atom. The van der Waals surface area contributed by atoms with Gasteiger partial charge < -0.3 is 10.1 Å². The third-order valence-electron chi connectivity index (χ3n) is 3.00. The summed E-state index contributed by atoms with van der Waals surface area (Å²) in [5, 5.41) is 7.57. The zero-order valence-corrected chi connectivity index (χ0v) is 13.5. The predicted molar refractivity (Wildman–Crippen MR) is 83.1 cm³/mol. The van der Waals surface area contributed by atoms with Gasteiger partial charge in [0.05, 0.1) is 12.4 Å². The van der Waals surface area contributed by atoms with Gasteiger partial charge >= 0.3 is 0 Å². The van der Waals surface area contributed by atoms with Crippen LogP contribution < -0.4 is 10.1 Å². The van der Waals surface area contributed by atoms with E-state index in [2.05, 4.69) is 37.3 Å². The van der Waals surface area contributed by atoms with E-state index in [0.29, 0.717) is 12.5 Å². The van der Waals surface area contributed by atoms with Gasteiger partial charge in [-0.1, -0.05) is 13.8 Å². The molecule has 1 N–H and O–H groups in total. The molecule has 0 amide bonds. The highest BCUT2D eigenvalue weighted by Gasteiger charge is 2.07. The van der Waals surface area contributed by atoms with Crippen LogP contribution >= 0.6 is 11.3 Å². The third-order valence-corrected chi connectivity index (χ3v) is 4.09. The molecule has 0 aliphatic carbocycles.